The number of benzene rings is 5. The number of hydrogen-bond donors (Lipinski definition) is 1. The minimum atomic E-state index is -0.803. The van der Waals surface area contributed by atoms with Gasteiger partial charge in [0.2, 0.25) is 0 Å². The van der Waals surface area contributed by atoms with E-state index in [0.717, 1.165) is 16.3 Å². The first-order valence-corrected chi connectivity index (χ1v) is 8.68. The van der Waals surface area contributed by atoms with Gasteiger partial charge < -0.3 is 5.11 Å². The molecule has 26 heavy (non-hydrogen) atoms. The first kappa shape index (κ1) is 14.9. The third-order valence-corrected chi connectivity index (χ3v) is 5.16. The Morgan fingerprint density at radius 2 is 1.15 bits per heavy atom. The van der Waals surface area contributed by atoms with Gasteiger partial charge in [-0.05, 0) is 48.7 Å². The largest absolute Gasteiger partial charge is 0.481 e. The van der Waals surface area contributed by atoms with E-state index >= 15 is 0 Å². The smallest absolute Gasteiger partial charge is 0.307 e. The van der Waals surface area contributed by atoms with Gasteiger partial charge in [0.1, 0.15) is 0 Å². The van der Waals surface area contributed by atoms with Crippen molar-refractivity contribution in [3.8, 4) is 0 Å². The molecule has 124 valence electrons. The zero-order chi connectivity index (χ0) is 17.7. The molecule has 0 aliphatic rings. The van der Waals surface area contributed by atoms with Gasteiger partial charge in [0.05, 0.1) is 6.42 Å². The summed E-state index contributed by atoms with van der Waals surface area (Å²) in [5.74, 6) is -0.803. The van der Waals surface area contributed by atoms with Crippen molar-refractivity contribution in [2.24, 2.45) is 0 Å². The van der Waals surface area contributed by atoms with E-state index in [9.17, 15) is 4.79 Å². The van der Waals surface area contributed by atoms with Gasteiger partial charge in [-0.1, -0.05) is 78.9 Å². The highest BCUT2D eigenvalue weighted by Crippen LogP contribution is 2.34. The lowest BCUT2D eigenvalue weighted by atomic mass is 9.93. The monoisotopic (exact) mass is 336 g/mol. The third-order valence-electron chi connectivity index (χ3n) is 5.16. The minimum Gasteiger partial charge on any atom is -0.481 e. The Morgan fingerprint density at radius 3 is 1.88 bits per heavy atom. The second-order valence-corrected chi connectivity index (χ2v) is 6.73. The number of carboxylic acid groups (broad SMARTS) is 1. The summed E-state index contributed by atoms with van der Waals surface area (Å²) in [4.78, 5) is 11.0. The number of aliphatic carboxylic acids is 1. The number of rotatable bonds is 2. The van der Waals surface area contributed by atoms with Crippen molar-refractivity contribution in [3.63, 3.8) is 0 Å². The van der Waals surface area contributed by atoms with E-state index in [1.165, 1.54) is 32.3 Å². The van der Waals surface area contributed by atoms with Crippen LogP contribution >= 0.6 is 0 Å². The molecule has 0 radical (unpaired) electrons. The van der Waals surface area contributed by atoms with Gasteiger partial charge in [-0.2, -0.15) is 0 Å². The fourth-order valence-electron chi connectivity index (χ4n) is 3.98. The summed E-state index contributed by atoms with van der Waals surface area (Å²) in [5.41, 5.74) is 0.830. The van der Waals surface area contributed by atoms with E-state index in [1.807, 2.05) is 18.2 Å². The van der Waals surface area contributed by atoms with Crippen LogP contribution in [-0.2, 0) is 11.2 Å². The molecule has 2 nitrogen and oxygen atoms in total. The van der Waals surface area contributed by atoms with Crippen LogP contribution in [0, 0.1) is 0 Å². The average Bonchev–Trinajstić information content (AvgIpc) is 2.66. The maximum atomic E-state index is 11.0. The molecule has 0 aliphatic heterocycles. The first-order chi connectivity index (χ1) is 12.7. The Morgan fingerprint density at radius 1 is 0.615 bits per heavy atom. The molecule has 1 N–H and O–H groups in total. The van der Waals surface area contributed by atoms with Gasteiger partial charge in [-0.15, -0.1) is 0 Å². The fourth-order valence-corrected chi connectivity index (χ4v) is 3.98. The molecule has 0 fully saturated rings. The van der Waals surface area contributed by atoms with Crippen LogP contribution in [0.15, 0.2) is 78.9 Å². The van der Waals surface area contributed by atoms with Crippen LogP contribution in [-0.4, -0.2) is 11.1 Å². The molecule has 0 atom stereocenters. The Balaban J connectivity index is 1.83. The Labute approximate surface area is 150 Å². The Bertz CT molecular complexity index is 1330. The molecule has 0 unspecified atom stereocenters. The Kier molecular flexibility index (Phi) is 3.19. The van der Waals surface area contributed by atoms with Crippen molar-refractivity contribution in [3.05, 3.63) is 84.4 Å². The average molecular weight is 336 g/mol. The summed E-state index contributed by atoms with van der Waals surface area (Å²) in [6.07, 6.45) is 0.0533. The van der Waals surface area contributed by atoms with Gasteiger partial charge in [-0.25, -0.2) is 0 Å². The maximum absolute atomic E-state index is 11.0. The molecule has 0 amide bonds. The molecule has 0 aliphatic carbocycles. The molecule has 0 saturated heterocycles. The molecule has 2 heteroatoms. The summed E-state index contributed by atoms with van der Waals surface area (Å²) in [5, 5.41) is 18.7. The van der Waals surface area contributed by atoms with Crippen molar-refractivity contribution < 1.29 is 9.90 Å². The summed E-state index contributed by atoms with van der Waals surface area (Å²) in [7, 11) is 0. The molecule has 5 rings (SSSR count). The van der Waals surface area contributed by atoms with Gasteiger partial charge in [0.15, 0.2) is 0 Å². The molecule has 0 aromatic heterocycles. The molecule has 0 bridgehead atoms. The van der Waals surface area contributed by atoms with Gasteiger partial charge in [0.25, 0.3) is 0 Å². The van der Waals surface area contributed by atoms with Crippen LogP contribution in [0.3, 0.4) is 0 Å². The van der Waals surface area contributed by atoms with Crippen LogP contribution < -0.4 is 0 Å². The molecule has 0 heterocycles. The second kappa shape index (κ2) is 5.57. The number of fused-ring (bicyclic) bond motifs is 7. The normalized spacial score (nSPS) is 11.5. The van der Waals surface area contributed by atoms with E-state index in [-0.39, 0.29) is 6.42 Å². The van der Waals surface area contributed by atoms with Crippen molar-refractivity contribution >= 4 is 49.1 Å². The van der Waals surface area contributed by atoms with Gasteiger partial charge in [-0.3, -0.25) is 4.79 Å². The predicted octanol–water partition coefficient (Wildman–Crippen LogP) is 5.93. The van der Waals surface area contributed by atoms with Crippen molar-refractivity contribution in [2.45, 2.75) is 6.42 Å². The zero-order valence-electron chi connectivity index (χ0n) is 14.1. The molecule has 5 aromatic carbocycles. The van der Waals surface area contributed by atoms with Crippen molar-refractivity contribution in [1.82, 2.24) is 0 Å². The molecular formula is C24H16O2. The lowest BCUT2D eigenvalue weighted by Gasteiger charge is -2.10. The number of carboxylic acids is 1. The van der Waals surface area contributed by atoms with E-state index < -0.39 is 5.97 Å². The molecule has 0 saturated carbocycles. The second-order valence-electron chi connectivity index (χ2n) is 6.73. The first-order valence-electron chi connectivity index (χ1n) is 8.68. The van der Waals surface area contributed by atoms with Crippen molar-refractivity contribution in [1.29, 1.82) is 0 Å². The van der Waals surface area contributed by atoms with Crippen LogP contribution in [0.25, 0.3) is 43.1 Å². The lowest BCUT2D eigenvalue weighted by molar-refractivity contribution is -0.136. The third kappa shape index (κ3) is 2.23. The fraction of sp³-hybridized carbons (Fsp3) is 0.0417. The van der Waals surface area contributed by atoms with Gasteiger partial charge in [0, 0.05) is 0 Å². The Hall–Kier alpha value is -3.39. The summed E-state index contributed by atoms with van der Waals surface area (Å²) >= 11 is 0. The van der Waals surface area contributed by atoms with Crippen LogP contribution in [0.1, 0.15) is 5.56 Å². The molecule has 0 spiro atoms. The molecule has 5 aromatic rings. The number of carbonyl (C=O) groups is 1. The summed E-state index contributed by atoms with van der Waals surface area (Å²) in [6.45, 7) is 0. The van der Waals surface area contributed by atoms with Crippen LogP contribution in [0.4, 0.5) is 0 Å². The quantitative estimate of drug-likeness (QED) is 0.406. The minimum absolute atomic E-state index is 0.0533. The predicted molar refractivity (Wildman–Crippen MR) is 108 cm³/mol. The zero-order valence-corrected chi connectivity index (χ0v) is 14.1. The van der Waals surface area contributed by atoms with Crippen molar-refractivity contribution in [2.75, 3.05) is 0 Å². The van der Waals surface area contributed by atoms with E-state index in [2.05, 4.69) is 60.7 Å². The topological polar surface area (TPSA) is 37.3 Å². The highest BCUT2D eigenvalue weighted by Gasteiger charge is 2.08. The van der Waals surface area contributed by atoms with Gasteiger partial charge >= 0.3 is 5.97 Å². The van der Waals surface area contributed by atoms with E-state index in [1.54, 1.807) is 0 Å². The lowest BCUT2D eigenvalue weighted by Crippen LogP contribution is -1.99. The number of hydrogen-bond acceptors (Lipinski definition) is 1. The standard InChI is InChI=1S/C24H16O2/c25-24(26)14-15-5-8-19-17(13-15)7-10-23-21(19)12-11-20-18-4-2-1-3-16(18)6-9-22(20)23/h1-13H,14H2,(H,25,26). The van der Waals surface area contributed by atoms with Crippen LogP contribution in [0.5, 0.6) is 0 Å². The summed E-state index contributed by atoms with van der Waals surface area (Å²) < 4.78 is 0. The van der Waals surface area contributed by atoms with E-state index in [4.69, 9.17) is 5.11 Å². The highest BCUT2D eigenvalue weighted by atomic mass is 16.4. The summed E-state index contributed by atoms with van der Waals surface area (Å²) in [6, 6.07) is 27.4. The maximum Gasteiger partial charge on any atom is 0.307 e. The van der Waals surface area contributed by atoms with E-state index in [0.29, 0.717) is 0 Å². The highest BCUT2D eigenvalue weighted by molar-refractivity contribution is 6.22. The van der Waals surface area contributed by atoms with Crippen LogP contribution in [0.2, 0.25) is 0 Å². The molecular weight excluding hydrogens is 320 g/mol. The SMILES string of the molecule is O=C(O)Cc1ccc2c(ccc3c2ccc2c4ccccc4ccc23)c1.